The maximum absolute atomic E-state index is 14.4. The van der Waals surface area contributed by atoms with E-state index in [1.165, 1.54) is 17.2 Å². The molecule has 3 aromatic carbocycles. The zero-order valence-electron chi connectivity index (χ0n) is 22.7. The van der Waals surface area contributed by atoms with E-state index >= 15 is 0 Å². The number of amides is 2. The lowest BCUT2D eigenvalue weighted by Crippen LogP contribution is -2.44. The molecule has 40 heavy (non-hydrogen) atoms. The number of benzene rings is 3. The third-order valence-electron chi connectivity index (χ3n) is 7.84. The predicted octanol–water partition coefficient (Wildman–Crippen LogP) is 5.51. The van der Waals surface area contributed by atoms with E-state index in [2.05, 4.69) is 26.1 Å². The molecule has 1 saturated heterocycles. The summed E-state index contributed by atoms with van der Waals surface area (Å²) < 4.78 is 26.0. The average molecular weight is 611 g/mol. The first-order chi connectivity index (χ1) is 19.4. The van der Waals surface area contributed by atoms with Gasteiger partial charge in [-0.1, -0.05) is 40.2 Å². The number of nitrogens with one attached hydrogen (secondary N) is 1. The van der Waals surface area contributed by atoms with Crippen LogP contribution in [0.25, 0.3) is 0 Å². The Morgan fingerprint density at radius 1 is 0.975 bits per heavy atom. The van der Waals surface area contributed by atoms with Crippen LogP contribution in [0.1, 0.15) is 41.0 Å². The first-order valence-electron chi connectivity index (χ1n) is 13.5. The molecule has 2 heterocycles. The third-order valence-corrected chi connectivity index (χ3v) is 8.33. The van der Waals surface area contributed by atoms with Crippen LogP contribution in [-0.4, -0.2) is 55.5 Å². The minimum Gasteiger partial charge on any atom is -0.493 e. The van der Waals surface area contributed by atoms with Crippen LogP contribution >= 0.6 is 15.9 Å². The monoisotopic (exact) mass is 609 g/mol. The lowest BCUT2D eigenvalue weighted by molar-refractivity contribution is -0.143. The lowest BCUT2D eigenvalue weighted by atomic mass is 9.89. The van der Waals surface area contributed by atoms with E-state index in [0.29, 0.717) is 53.9 Å². The van der Waals surface area contributed by atoms with Crippen molar-refractivity contribution in [3.8, 4) is 11.5 Å². The van der Waals surface area contributed by atoms with Gasteiger partial charge >= 0.3 is 11.8 Å². The largest absolute Gasteiger partial charge is 0.493 e. The Balaban J connectivity index is 1.20. The fourth-order valence-electron chi connectivity index (χ4n) is 5.64. The molecule has 0 spiro atoms. The highest BCUT2D eigenvalue weighted by molar-refractivity contribution is 9.10. The average Bonchev–Trinajstić information content (AvgIpc) is 2.97. The van der Waals surface area contributed by atoms with Crippen molar-refractivity contribution in [2.24, 2.45) is 0 Å². The Labute approximate surface area is 242 Å². The van der Waals surface area contributed by atoms with E-state index < -0.39 is 11.8 Å². The molecule has 0 bridgehead atoms. The molecule has 3 aromatic rings. The number of hydrogen-bond acceptors (Lipinski definition) is 5. The molecule has 0 aromatic heterocycles. The highest BCUT2D eigenvalue weighted by Crippen LogP contribution is 2.34. The summed E-state index contributed by atoms with van der Waals surface area (Å²) in [6, 6.07) is 16.8. The highest BCUT2D eigenvalue weighted by Gasteiger charge is 2.29. The Morgan fingerprint density at radius 2 is 1.68 bits per heavy atom. The number of rotatable bonds is 6. The molecule has 2 amide bonds. The molecular weight excluding hydrogens is 577 g/mol. The van der Waals surface area contributed by atoms with Gasteiger partial charge in [0.25, 0.3) is 0 Å². The summed E-state index contributed by atoms with van der Waals surface area (Å²) in [4.78, 5) is 29.9. The van der Waals surface area contributed by atoms with Gasteiger partial charge in [-0.25, -0.2) is 4.39 Å². The fraction of sp³-hybridized carbons (Fsp3) is 0.355. The van der Waals surface area contributed by atoms with E-state index in [1.54, 1.807) is 25.2 Å². The summed E-state index contributed by atoms with van der Waals surface area (Å²) in [5, 5.41) is 2.85. The quantitative estimate of drug-likeness (QED) is 0.373. The molecule has 1 fully saturated rings. The van der Waals surface area contributed by atoms with Gasteiger partial charge in [0.15, 0.2) is 11.5 Å². The molecule has 7 nitrogen and oxygen atoms in total. The molecule has 0 saturated carbocycles. The third kappa shape index (κ3) is 6.15. The van der Waals surface area contributed by atoms with Crippen LogP contribution in [0.3, 0.4) is 0 Å². The molecule has 9 heteroatoms. The molecule has 2 aliphatic rings. The van der Waals surface area contributed by atoms with Crippen molar-refractivity contribution in [2.45, 2.75) is 38.3 Å². The minimum absolute atomic E-state index is 0.0247. The summed E-state index contributed by atoms with van der Waals surface area (Å²) in [7, 11) is 3.28. The molecule has 0 aliphatic carbocycles. The maximum Gasteiger partial charge on any atom is 0.313 e. The van der Waals surface area contributed by atoms with Gasteiger partial charge in [-0.15, -0.1) is 0 Å². The van der Waals surface area contributed by atoms with Gasteiger partial charge in [0.2, 0.25) is 0 Å². The number of nitrogens with zero attached hydrogens (tertiary/aromatic N) is 2. The Bertz CT molecular complexity index is 1410. The van der Waals surface area contributed by atoms with Crippen LogP contribution in [-0.2, 0) is 29.1 Å². The number of carbonyl (C=O) groups excluding carboxylic acids is 2. The zero-order chi connectivity index (χ0) is 28.2. The molecular formula is C31H33BrFN3O4. The van der Waals surface area contributed by atoms with Crippen LogP contribution in [0.5, 0.6) is 11.5 Å². The van der Waals surface area contributed by atoms with Crippen LogP contribution in [0.4, 0.5) is 10.1 Å². The maximum atomic E-state index is 14.4. The molecule has 5 rings (SSSR count). The smallest absolute Gasteiger partial charge is 0.313 e. The van der Waals surface area contributed by atoms with Crippen molar-refractivity contribution >= 4 is 33.4 Å². The molecule has 0 radical (unpaired) electrons. The van der Waals surface area contributed by atoms with E-state index in [0.717, 1.165) is 30.8 Å². The second kappa shape index (κ2) is 12.4. The van der Waals surface area contributed by atoms with Gasteiger partial charge < -0.3 is 19.7 Å². The van der Waals surface area contributed by atoms with Crippen molar-refractivity contribution in [3.05, 3.63) is 87.1 Å². The number of fused-ring (bicyclic) bond motifs is 1. The van der Waals surface area contributed by atoms with Gasteiger partial charge in [0, 0.05) is 42.9 Å². The summed E-state index contributed by atoms with van der Waals surface area (Å²) in [6.07, 6.45) is 2.10. The summed E-state index contributed by atoms with van der Waals surface area (Å²) in [5.74, 6) is 0.0117. The molecule has 0 unspecified atom stereocenters. The van der Waals surface area contributed by atoms with Crippen LogP contribution in [0.15, 0.2) is 59.1 Å². The lowest BCUT2D eigenvalue weighted by Gasteiger charge is -2.32. The first kappa shape index (κ1) is 28.1. The van der Waals surface area contributed by atoms with Gasteiger partial charge in [-0.3, -0.25) is 14.5 Å². The number of hydrogen-bond donors (Lipinski definition) is 1. The van der Waals surface area contributed by atoms with Gasteiger partial charge in [-0.05, 0) is 77.8 Å². The number of methoxy groups -OCH3 is 2. The Hall–Kier alpha value is -3.43. The van der Waals surface area contributed by atoms with Crippen molar-refractivity contribution in [3.63, 3.8) is 0 Å². The number of anilines is 1. The molecule has 2 aliphatic heterocycles. The van der Waals surface area contributed by atoms with Crippen LogP contribution in [0.2, 0.25) is 0 Å². The summed E-state index contributed by atoms with van der Waals surface area (Å²) >= 11 is 3.29. The normalized spacial score (nSPS) is 15.8. The Kier molecular flexibility index (Phi) is 8.71. The predicted molar refractivity (Wildman–Crippen MR) is 155 cm³/mol. The van der Waals surface area contributed by atoms with Gasteiger partial charge in [-0.2, -0.15) is 0 Å². The number of para-hydroxylation sites is 1. The van der Waals surface area contributed by atoms with E-state index in [4.69, 9.17) is 9.47 Å². The standard InChI is InChI=1S/C31H33BrFN3O4/c1-39-28-15-21-9-12-35(19-23(21)16-29(28)40-2)18-22-5-3-4-6-27(22)34-30(37)31(38)36-13-10-20(11-14-36)25-8-7-24(32)17-26(25)33/h3-8,15-17,20H,9-14,18-19H2,1-2H3,(H,34,37). The van der Waals surface area contributed by atoms with Crippen LogP contribution in [0, 0.1) is 5.82 Å². The van der Waals surface area contributed by atoms with Crippen molar-refractivity contribution in [1.82, 2.24) is 9.80 Å². The molecule has 1 N–H and O–H groups in total. The van der Waals surface area contributed by atoms with E-state index in [1.807, 2.05) is 42.5 Å². The number of piperidine rings is 1. The number of carbonyl (C=O) groups is 2. The molecule has 0 atom stereocenters. The number of halogens is 2. The number of likely N-dealkylation sites (tertiary alicyclic amines) is 1. The minimum atomic E-state index is -0.651. The van der Waals surface area contributed by atoms with Crippen LogP contribution < -0.4 is 14.8 Å². The van der Waals surface area contributed by atoms with Gasteiger partial charge in [0.1, 0.15) is 5.82 Å². The second-order valence-corrected chi connectivity index (χ2v) is 11.2. The second-order valence-electron chi connectivity index (χ2n) is 10.3. The first-order valence-corrected chi connectivity index (χ1v) is 14.2. The topological polar surface area (TPSA) is 71.1 Å². The van der Waals surface area contributed by atoms with Crippen molar-refractivity contribution in [2.75, 3.05) is 39.2 Å². The van der Waals surface area contributed by atoms with Crippen molar-refractivity contribution in [1.29, 1.82) is 0 Å². The van der Waals surface area contributed by atoms with E-state index in [9.17, 15) is 14.0 Å². The fourth-order valence-corrected chi connectivity index (χ4v) is 5.98. The zero-order valence-corrected chi connectivity index (χ0v) is 24.3. The van der Waals surface area contributed by atoms with E-state index in [-0.39, 0.29) is 11.7 Å². The van der Waals surface area contributed by atoms with Gasteiger partial charge in [0.05, 0.1) is 14.2 Å². The highest BCUT2D eigenvalue weighted by atomic mass is 79.9. The molecule has 210 valence electrons. The Morgan fingerprint density at radius 3 is 2.38 bits per heavy atom. The summed E-state index contributed by atoms with van der Waals surface area (Å²) in [6.45, 7) is 3.05. The number of ether oxygens (including phenoxy) is 2. The van der Waals surface area contributed by atoms with Crippen molar-refractivity contribution < 1.29 is 23.5 Å². The SMILES string of the molecule is COc1cc2c(cc1OC)CN(Cc1ccccc1NC(=O)C(=O)N1CCC(c3ccc(Br)cc3F)CC1)CC2. The summed E-state index contributed by atoms with van der Waals surface area (Å²) in [5.41, 5.74) is 4.66.